The second-order valence-electron chi connectivity index (χ2n) is 4.07. The van der Waals surface area contributed by atoms with E-state index in [1.54, 1.807) is 7.11 Å². The van der Waals surface area contributed by atoms with Gasteiger partial charge in [0, 0.05) is 13.2 Å². The third kappa shape index (κ3) is 2.81. The summed E-state index contributed by atoms with van der Waals surface area (Å²) in [6.07, 6.45) is 1.48. The van der Waals surface area contributed by atoms with E-state index in [1.807, 2.05) is 31.2 Å². The Labute approximate surface area is 105 Å². The smallest absolute Gasteiger partial charge is 0.271 e. The van der Waals surface area contributed by atoms with Crippen molar-refractivity contribution in [2.75, 3.05) is 13.7 Å². The highest BCUT2D eigenvalue weighted by molar-refractivity contribution is 5.93. The Hall–Kier alpha value is -2.01. The van der Waals surface area contributed by atoms with Gasteiger partial charge < -0.3 is 10.1 Å². The molecule has 1 N–H and O–H groups in total. The number of methoxy groups -OCH3 is 1. The molecule has 0 saturated heterocycles. The van der Waals surface area contributed by atoms with Crippen LogP contribution in [0.25, 0.3) is 11.0 Å². The quantitative estimate of drug-likeness (QED) is 0.884. The molecule has 18 heavy (non-hydrogen) atoms. The van der Waals surface area contributed by atoms with Gasteiger partial charge >= 0.3 is 0 Å². The molecule has 5 heteroatoms. The highest BCUT2D eigenvalue weighted by Crippen LogP contribution is 2.08. The van der Waals surface area contributed by atoms with Gasteiger partial charge in [0.2, 0.25) is 0 Å². The molecule has 0 unspecified atom stereocenters. The standard InChI is InChI=1S/C13H15N3O2/c1-9(8-18-2)15-13(17)12-7-14-10-5-3-4-6-11(10)16-12/h3-7,9H,8H2,1-2H3,(H,15,17)/t9-/m0/s1. The third-order valence-corrected chi connectivity index (χ3v) is 2.48. The first kappa shape index (κ1) is 12.4. The largest absolute Gasteiger partial charge is 0.383 e. The number of hydrogen-bond donors (Lipinski definition) is 1. The lowest BCUT2D eigenvalue weighted by molar-refractivity contribution is 0.0900. The Morgan fingerprint density at radius 2 is 2.11 bits per heavy atom. The number of nitrogens with zero attached hydrogens (tertiary/aromatic N) is 2. The van der Waals surface area contributed by atoms with E-state index in [9.17, 15) is 4.79 Å². The molecule has 0 bridgehead atoms. The summed E-state index contributed by atoms with van der Waals surface area (Å²) >= 11 is 0. The SMILES string of the molecule is COC[C@H](C)NC(=O)c1cnc2ccccc2n1. The molecule has 1 amide bonds. The maximum atomic E-state index is 11.9. The monoisotopic (exact) mass is 245 g/mol. The van der Waals surface area contributed by atoms with Crippen molar-refractivity contribution in [3.8, 4) is 0 Å². The predicted octanol–water partition coefficient (Wildman–Crippen LogP) is 1.39. The van der Waals surface area contributed by atoms with E-state index in [-0.39, 0.29) is 11.9 Å². The van der Waals surface area contributed by atoms with Crippen LogP contribution >= 0.6 is 0 Å². The van der Waals surface area contributed by atoms with Gasteiger partial charge in [-0.2, -0.15) is 0 Å². The number of aromatic nitrogens is 2. The Morgan fingerprint density at radius 1 is 1.39 bits per heavy atom. The van der Waals surface area contributed by atoms with Crippen LogP contribution in [0.15, 0.2) is 30.5 Å². The van der Waals surface area contributed by atoms with Crippen LogP contribution in [0.3, 0.4) is 0 Å². The average molecular weight is 245 g/mol. The fraction of sp³-hybridized carbons (Fsp3) is 0.308. The topological polar surface area (TPSA) is 64.1 Å². The van der Waals surface area contributed by atoms with Gasteiger partial charge in [0.15, 0.2) is 0 Å². The number of hydrogen-bond acceptors (Lipinski definition) is 4. The van der Waals surface area contributed by atoms with Crippen LogP contribution in [0.1, 0.15) is 17.4 Å². The number of amides is 1. The van der Waals surface area contributed by atoms with Gasteiger partial charge in [-0.3, -0.25) is 9.78 Å². The molecule has 0 spiro atoms. The van der Waals surface area contributed by atoms with E-state index in [0.717, 1.165) is 5.52 Å². The molecule has 2 aromatic rings. The summed E-state index contributed by atoms with van der Waals surface area (Å²) in [6, 6.07) is 7.38. The average Bonchev–Trinajstić information content (AvgIpc) is 2.38. The fourth-order valence-corrected chi connectivity index (χ4v) is 1.66. The van der Waals surface area contributed by atoms with E-state index >= 15 is 0 Å². The van der Waals surface area contributed by atoms with Crippen molar-refractivity contribution in [1.82, 2.24) is 15.3 Å². The lowest BCUT2D eigenvalue weighted by Gasteiger charge is -2.12. The predicted molar refractivity (Wildman–Crippen MR) is 68.3 cm³/mol. The molecular formula is C13H15N3O2. The van der Waals surface area contributed by atoms with Crippen LogP contribution in [0.4, 0.5) is 0 Å². The number of rotatable bonds is 4. The Balaban J connectivity index is 2.17. The van der Waals surface area contributed by atoms with Crippen LogP contribution < -0.4 is 5.32 Å². The van der Waals surface area contributed by atoms with Crippen LogP contribution in [0, 0.1) is 0 Å². The van der Waals surface area contributed by atoms with Gasteiger partial charge in [-0.15, -0.1) is 0 Å². The van der Waals surface area contributed by atoms with E-state index in [0.29, 0.717) is 17.8 Å². The number of para-hydroxylation sites is 2. The molecule has 0 aliphatic carbocycles. The van der Waals surface area contributed by atoms with Crippen LogP contribution in [0.2, 0.25) is 0 Å². The first-order valence-electron chi connectivity index (χ1n) is 5.72. The summed E-state index contributed by atoms with van der Waals surface area (Å²) in [4.78, 5) is 20.4. The van der Waals surface area contributed by atoms with Crippen molar-refractivity contribution in [3.63, 3.8) is 0 Å². The summed E-state index contributed by atoms with van der Waals surface area (Å²) in [6.45, 7) is 2.34. The lowest BCUT2D eigenvalue weighted by Crippen LogP contribution is -2.36. The molecule has 0 saturated carbocycles. The zero-order valence-corrected chi connectivity index (χ0v) is 10.4. The van der Waals surface area contributed by atoms with Gasteiger partial charge in [0.05, 0.1) is 23.8 Å². The van der Waals surface area contributed by atoms with Gasteiger partial charge in [-0.05, 0) is 19.1 Å². The second kappa shape index (κ2) is 5.55. The van der Waals surface area contributed by atoms with E-state index < -0.39 is 0 Å². The Morgan fingerprint density at radius 3 is 2.83 bits per heavy atom. The zero-order valence-electron chi connectivity index (χ0n) is 10.4. The summed E-state index contributed by atoms with van der Waals surface area (Å²) in [5.41, 5.74) is 1.81. The first-order valence-corrected chi connectivity index (χ1v) is 5.72. The van der Waals surface area contributed by atoms with Crippen molar-refractivity contribution >= 4 is 16.9 Å². The Kier molecular flexibility index (Phi) is 3.84. The molecule has 1 aromatic heterocycles. The fourth-order valence-electron chi connectivity index (χ4n) is 1.66. The zero-order chi connectivity index (χ0) is 13.0. The number of carbonyl (C=O) groups is 1. The summed E-state index contributed by atoms with van der Waals surface area (Å²) in [5.74, 6) is -0.238. The van der Waals surface area contributed by atoms with Crippen molar-refractivity contribution in [2.45, 2.75) is 13.0 Å². The minimum Gasteiger partial charge on any atom is -0.383 e. The van der Waals surface area contributed by atoms with Gasteiger partial charge in [-0.1, -0.05) is 12.1 Å². The van der Waals surface area contributed by atoms with Crippen molar-refractivity contribution in [2.24, 2.45) is 0 Å². The maximum Gasteiger partial charge on any atom is 0.271 e. The summed E-state index contributed by atoms with van der Waals surface area (Å²) < 4.78 is 4.96. The van der Waals surface area contributed by atoms with Crippen LogP contribution in [-0.4, -0.2) is 35.6 Å². The molecule has 0 fully saturated rings. The van der Waals surface area contributed by atoms with Crippen LogP contribution in [-0.2, 0) is 4.74 Å². The van der Waals surface area contributed by atoms with E-state index in [1.165, 1.54) is 6.20 Å². The number of benzene rings is 1. The number of carbonyl (C=O) groups excluding carboxylic acids is 1. The molecule has 5 nitrogen and oxygen atoms in total. The van der Waals surface area contributed by atoms with Crippen molar-refractivity contribution in [3.05, 3.63) is 36.2 Å². The first-order chi connectivity index (χ1) is 8.70. The molecule has 0 aliphatic rings. The van der Waals surface area contributed by atoms with Gasteiger partial charge in [0.1, 0.15) is 5.69 Å². The van der Waals surface area contributed by atoms with E-state index in [2.05, 4.69) is 15.3 Å². The highest BCUT2D eigenvalue weighted by atomic mass is 16.5. The summed E-state index contributed by atoms with van der Waals surface area (Å²) in [7, 11) is 1.60. The number of ether oxygens (including phenoxy) is 1. The molecule has 0 radical (unpaired) electrons. The molecule has 1 aromatic carbocycles. The maximum absolute atomic E-state index is 11.9. The number of fused-ring (bicyclic) bond motifs is 1. The third-order valence-electron chi connectivity index (χ3n) is 2.48. The minimum absolute atomic E-state index is 0.0595. The normalized spacial score (nSPS) is 12.3. The molecule has 94 valence electrons. The van der Waals surface area contributed by atoms with Crippen LogP contribution in [0.5, 0.6) is 0 Å². The second-order valence-corrected chi connectivity index (χ2v) is 4.07. The Bertz CT molecular complexity index is 557. The minimum atomic E-state index is -0.238. The molecular weight excluding hydrogens is 230 g/mol. The molecule has 1 atom stereocenters. The number of nitrogens with one attached hydrogen (secondary N) is 1. The van der Waals surface area contributed by atoms with Gasteiger partial charge in [0.25, 0.3) is 5.91 Å². The van der Waals surface area contributed by atoms with E-state index in [4.69, 9.17) is 4.74 Å². The summed E-state index contributed by atoms with van der Waals surface area (Å²) in [5, 5.41) is 2.80. The molecule has 1 heterocycles. The highest BCUT2D eigenvalue weighted by Gasteiger charge is 2.11. The van der Waals surface area contributed by atoms with Crippen molar-refractivity contribution < 1.29 is 9.53 Å². The molecule has 0 aliphatic heterocycles. The lowest BCUT2D eigenvalue weighted by atomic mass is 10.3. The molecule has 2 rings (SSSR count). The van der Waals surface area contributed by atoms with Gasteiger partial charge in [-0.25, -0.2) is 4.98 Å². The van der Waals surface area contributed by atoms with Crippen molar-refractivity contribution in [1.29, 1.82) is 0 Å².